The van der Waals surface area contributed by atoms with Gasteiger partial charge in [-0.2, -0.15) is 0 Å². The number of fused-ring (bicyclic) bond motifs is 14. The topological polar surface area (TPSA) is 31.2 Å². The third-order valence-corrected chi connectivity index (χ3v) is 9.71. The molecule has 0 aliphatic rings. The number of para-hydroxylation sites is 1. The molecule has 0 aliphatic heterocycles. The molecular weight excluding hydrogens is 550 g/mol. The molecule has 0 aliphatic carbocycles. The monoisotopic (exact) mass is 573 g/mol. The fourth-order valence-electron chi connectivity index (χ4n) is 7.70. The zero-order valence-corrected chi connectivity index (χ0v) is 24.0. The molecular formula is C42H23NO2. The summed E-state index contributed by atoms with van der Waals surface area (Å²) in [6.07, 6.45) is 0. The van der Waals surface area contributed by atoms with Crippen LogP contribution >= 0.6 is 0 Å². The van der Waals surface area contributed by atoms with Gasteiger partial charge in [-0.15, -0.1) is 0 Å². The maximum absolute atomic E-state index is 6.59. The van der Waals surface area contributed by atoms with Gasteiger partial charge in [-0.05, 0) is 86.9 Å². The predicted molar refractivity (Wildman–Crippen MR) is 188 cm³/mol. The third-order valence-electron chi connectivity index (χ3n) is 9.71. The molecule has 0 bridgehead atoms. The maximum Gasteiger partial charge on any atom is 0.137 e. The molecule has 0 fully saturated rings. The van der Waals surface area contributed by atoms with E-state index in [9.17, 15) is 0 Å². The van der Waals surface area contributed by atoms with E-state index < -0.39 is 0 Å². The SMILES string of the molecule is c1ccc2c(c1)ccc1c2c2c3ccccc3ccc2n1-c1ccc2c(c1)oc1cc3cc4oc5ccccc5c4cc3cc12. The van der Waals surface area contributed by atoms with Gasteiger partial charge in [-0.3, -0.25) is 0 Å². The van der Waals surface area contributed by atoms with Gasteiger partial charge in [-0.1, -0.05) is 78.9 Å². The molecule has 0 N–H and O–H groups in total. The lowest BCUT2D eigenvalue weighted by Gasteiger charge is -2.08. The van der Waals surface area contributed by atoms with Crippen LogP contribution in [0.3, 0.4) is 0 Å². The van der Waals surface area contributed by atoms with E-state index in [4.69, 9.17) is 8.83 Å². The minimum atomic E-state index is 0.878. The molecule has 11 aromatic rings. The molecule has 208 valence electrons. The Labute approximate surface area is 256 Å². The van der Waals surface area contributed by atoms with E-state index in [1.807, 2.05) is 12.1 Å². The van der Waals surface area contributed by atoms with Crippen LogP contribution in [-0.2, 0) is 0 Å². The second-order valence-corrected chi connectivity index (χ2v) is 12.1. The van der Waals surface area contributed by atoms with Crippen molar-refractivity contribution < 1.29 is 8.83 Å². The second-order valence-electron chi connectivity index (χ2n) is 12.1. The summed E-state index contributed by atoms with van der Waals surface area (Å²) in [5.41, 5.74) is 7.03. The van der Waals surface area contributed by atoms with Crippen molar-refractivity contribution in [1.82, 2.24) is 4.57 Å². The Balaban J connectivity index is 1.19. The highest BCUT2D eigenvalue weighted by Crippen LogP contribution is 2.42. The molecule has 3 heteroatoms. The first-order valence-electron chi connectivity index (χ1n) is 15.3. The average Bonchev–Trinajstić information content (AvgIpc) is 3.74. The number of aromatic nitrogens is 1. The van der Waals surface area contributed by atoms with Crippen LogP contribution in [0.1, 0.15) is 0 Å². The quantitative estimate of drug-likeness (QED) is 0.196. The largest absolute Gasteiger partial charge is 0.456 e. The Morgan fingerprint density at radius 3 is 1.51 bits per heavy atom. The lowest BCUT2D eigenvalue weighted by atomic mass is 10.00. The van der Waals surface area contributed by atoms with Crippen LogP contribution in [0.2, 0.25) is 0 Å². The summed E-state index contributed by atoms with van der Waals surface area (Å²) in [7, 11) is 0. The summed E-state index contributed by atoms with van der Waals surface area (Å²) in [4.78, 5) is 0. The lowest BCUT2D eigenvalue weighted by Crippen LogP contribution is -1.93. The Morgan fingerprint density at radius 2 is 0.844 bits per heavy atom. The summed E-state index contributed by atoms with van der Waals surface area (Å²) < 4.78 is 15.2. The number of furan rings is 2. The van der Waals surface area contributed by atoms with Crippen molar-refractivity contribution in [3.63, 3.8) is 0 Å². The Bertz CT molecular complexity index is 2950. The smallest absolute Gasteiger partial charge is 0.137 e. The van der Waals surface area contributed by atoms with Crippen LogP contribution in [-0.4, -0.2) is 4.57 Å². The van der Waals surface area contributed by atoms with Gasteiger partial charge in [0, 0.05) is 44.1 Å². The van der Waals surface area contributed by atoms with E-state index in [1.165, 1.54) is 48.7 Å². The van der Waals surface area contributed by atoms with Crippen molar-refractivity contribution in [2.75, 3.05) is 0 Å². The minimum absolute atomic E-state index is 0.878. The van der Waals surface area contributed by atoms with Crippen molar-refractivity contribution in [2.45, 2.75) is 0 Å². The number of hydrogen-bond acceptors (Lipinski definition) is 2. The van der Waals surface area contributed by atoms with Crippen molar-refractivity contribution in [3.8, 4) is 5.69 Å². The molecule has 0 atom stereocenters. The molecule has 8 aromatic carbocycles. The van der Waals surface area contributed by atoms with E-state index >= 15 is 0 Å². The maximum atomic E-state index is 6.59. The fourth-order valence-corrected chi connectivity index (χ4v) is 7.70. The zero-order valence-electron chi connectivity index (χ0n) is 24.0. The van der Waals surface area contributed by atoms with Gasteiger partial charge in [0.05, 0.1) is 11.0 Å². The molecule has 0 radical (unpaired) electrons. The summed E-state index contributed by atoms with van der Waals surface area (Å²) in [5.74, 6) is 0. The number of nitrogens with zero attached hydrogens (tertiary/aromatic N) is 1. The van der Waals surface area contributed by atoms with Crippen molar-refractivity contribution in [2.24, 2.45) is 0 Å². The van der Waals surface area contributed by atoms with E-state index in [2.05, 4.69) is 132 Å². The van der Waals surface area contributed by atoms with Gasteiger partial charge in [0.25, 0.3) is 0 Å². The molecule has 0 unspecified atom stereocenters. The first-order valence-corrected chi connectivity index (χ1v) is 15.3. The van der Waals surface area contributed by atoms with Crippen molar-refractivity contribution >= 4 is 98.0 Å². The standard InChI is InChI=1S/C42H23NO2/c1-3-9-29-24(7-1)13-17-35-41(29)42-30-10-4-2-8-25(30)14-18-36(42)43(35)28-15-16-32-34-20-26-19-33-31-11-5-6-12-37(31)44-38(33)21-27(26)22-39(34)45-40(32)23-28/h1-23H. The van der Waals surface area contributed by atoms with Gasteiger partial charge in [0.1, 0.15) is 22.3 Å². The Morgan fingerprint density at radius 1 is 0.333 bits per heavy atom. The van der Waals surface area contributed by atoms with Crippen LogP contribution in [0.15, 0.2) is 148 Å². The summed E-state index contributed by atoms with van der Waals surface area (Å²) >= 11 is 0. The highest BCUT2D eigenvalue weighted by molar-refractivity contribution is 6.28. The number of rotatable bonds is 1. The first kappa shape index (κ1) is 23.4. The Hall–Kier alpha value is -6.06. The third kappa shape index (κ3) is 3.09. The van der Waals surface area contributed by atoms with E-state index in [0.717, 1.165) is 55.0 Å². The molecule has 0 amide bonds. The number of hydrogen-bond donors (Lipinski definition) is 0. The van der Waals surface area contributed by atoms with Gasteiger partial charge in [0.2, 0.25) is 0 Å². The summed E-state index contributed by atoms with van der Waals surface area (Å²) in [5, 5.41) is 14.4. The summed E-state index contributed by atoms with van der Waals surface area (Å²) in [6.45, 7) is 0. The van der Waals surface area contributed by atoms with Gasteiger partial charge in [-0.25, -0.2) is 0 Å². The van der Waals surface area contributed by atoms with E-state index in [0.29, 0.717) is 0 Å². The predicted octanol–water partition coefficient (Wildman–Crippen LogP) is 12.0. The van der Waals surface area contributed by atoms with E-state index in [1.54, 1.807) is 0 Å². The molecule has 3 aromatic heterocycles. The normalized spacial score (nSPS) is 12.4. The Kier molecular flexibility index (Phi) is 4.32. The molecule has 3 heterocycles. The van der Waals surface area contributed by atoms with Crippen LogP contribution in [0.25, 0.3) is 104 Å². The molecule has 45 heavy (non-hydrogen) atoms. The van der Waals surface area contributed by atoms with Crippen LogP contribution in [0.5, 0.6) is 0 Å². The molecule has 3 nitrogen and oxygen atoms in total. The molecule has 0 saturated heterocycles. The van der Waals surface area contributed by atoms with Crippen molar-refractivity contribution in [1.29, 1.82) is 0 Å². The van der Waals surface area contributed by atoms with Crippen molar-refractivity contribution in [3.05, 3.63) is 140 Å². The number of benzene rings is 8. The highest BCUT2D eigenvalue weighted by atomic mass is 16.3. The minimum Gasteiger partial charge on any atom is -0.456 e. The fraction of sp³-hybridized carbons (Fsp3) is 0. The highest BCUT2D eigenvalue weighted by Gasteiger charge is 2.19. The van der Waals surface area contributed by atoms with Crippen LogP contribution in [0, 0.1) is 0 Å². The van der Waals surface area contributed by atoms with Gasteiger partial charge < -0.3 is 13.4 Å². The van der Waals surface area contributed by atoms with Crippen LogP contribution < -0.4 is 0 Å². The second kappa shape index (κ2) is 8.31. The molecule has 0 spiro atoms. The zero-order chi connectivity index (χ0) is 29.2. The summed E-state index contributed by atoms with van der Waals surface area (Å²) in [6, 6.07) is 50.1. The average molecular weight is 574 g/mol. The van der Waals surface area contributed by atoms with Gasteiger partial charge in [0.15, 0.2) is 0 Å². The molecule has 0 saturated carbocycles. The van der Waals surface area contributed by atoms with E-state index in [-0.39, 0.29) is 0 Å². The van der Waals surface area contributed by atoms with Crippen LogP contribution in [0.4, 0.5) is 0 Å². The molecule has 11 rings (SSSR count). The first-order chi connectivity index (χ1) is 22.3. The van der Waals surface area contributed by atoms with Gasteiger partial charge >= 0.3 is 0 Å². The lowest BCUT2D eigenvalue weighted by molar-refractivity contribution is 0.668.